The largest absolute Gasteiger partial charge is 0.356 e. The average molecular weight is 315 g/mol. The third-order valence-corrected chi connectivity index (χ3v) is 4.15. The minimum Gasteiger partial charge on any atom is -0.356 e. The maximum absolute atomic E-state index is 12.1. The summed E-state index contributed by atoms with van der Waals surface area (Å²) < 4.78 is 2.18. The van der Waals surface area contributed by atoms with Crippen LogP contribution >= 0.6 is 0 Å². The Kier molecular flexibility index (Phi) is 4.55. The van der Waals surface area contributed by atoms with Gasteiger partial charge in [-0.3, -0.25) is 9.59 Å². The lowest BCUT2D eigenvalue weighted by molar-refractivity contribution is 0.0949. The van der Waals surface area contributed by atoms with E-state index in [4.69, 9.17) is 0 Å². The Bertz CT molecular complexity index is 716. The Morgan fingerprint density at radius 3 is 2.96 bits per heavy atom. The van der Waals surface area contributed by atoms with E-state index < -0.39 is 0 Å². The molecule has 122 valence electrons. The standard InChI is InChI=1S/C16H21N5O2/c1-11(22)12-9-13(18-10-12)16(23)17-7-6-15-20-19-14-5-3-2-4-8-21(14)15/h9-10,18H,2-8H2,1H3,(H,17,23). The number of carbonyl (C=O) groups is 2. The molecule has 0 spiro atoms. The number of hydrogen-bond acceptors (Lipinski definition) is 4. The van der Waals surface area contributed by atoms with Crippen LogP contribution in [0.5, 0.6) is 0 Å². The third kappa shape index (κ3) is 3.49. The second-order valence-electron chi connectivity index (χ2n) is 5.86. The molecule has 3 heterocycles. The molecule has 0 aliphatic carbocycles. The number of nitrogens with zero attached hydrogens (tertiary/aromatic N) is 3. The summed E-state index contributed by atoms with van der Waals surface area (Å²) in [7, 11) is 0. The molecule has 0 aromatic carbocycles. The van der Waals surface area contributed by atoms with Crippen molar-refractivity contribution in [2.75, 3.05) is 6.54 Å². The monoisotopic (exact) mass is 315 g/mol. The van der Waals surface area contributed by atoms with Crippen molar-refractivity contribution in [3.05, 3.63) is 35.2 Å². The van der Waals surface area contributed by atoms with E-state index in [1.54, 1.807) is 12.3 Å². The first-order valence-corrected chi connectivity index (χ1v) is 8.03. The summed E-state index contributed by atoms with van der Waals surface area (Å²) in [5.41, 5.74) is 0.910. The van der Waals surface area contributed by atoms with Crippen molar-refractivity contribution >= 4 is 11.7 Å². The number of hydrogen-bond donors (Lipinski definition) is 2. The first-order chi connectivity index (χ1) is 11.1. The summed E-state index contributed by atoms with van der Waals surface area (Å²) in [5.74, 6) is 1.71. The SMILES string of the molecule is CC(=O)c1c[nH]c(C(=O)NCCc2nnc3n2CCCCC3)c1. The minimum atomic E-state index is -0.215. The van der Waals surface area contributed by atoms with Crippen molar-refractivity contribution in [3.63, 3.8) is 0 Å². The summed E-state index contributed by atoms with van der Waals surface area (Å²) >= 11 is 0. The third-order valence-electron chi connectivity index (χ3n) is 4.15. The molecule has 3 rings (SSSR count). The van der Waals surface area contributed by atoms with Crippen LogP contribution in [0.2, 0.25) is 0 Å². The summed E-state index contributed by atoms with van der Waals surface area (Å²) in [6.45, 7) is 2.93. The first kappa shape index (κ1) is 15.5. The molecule has 2 aromatic rings. The quantitative estimate of drug-likeness (QED) is 0.818. The summed E-state index contributed by atoms with van der Waals surface area (Å²) in [5, 5.41) is 11.3. The zero-order valence-electron chi connectivity index (χ0n) is 13.3. The van der Waals surface area contributed by atoms with E-state index in [2.05, 4.69) is 25.1 Å². The van der Waals surface area contributed by atoms with Crippen LogP contribution in [0.15, 0.2) is 12.3 Å². The summed E-state index contributed by atoms with van der Waals surface area (Å²) in [4.78, 5) is 26.1. The number of aromatic amines is 1. The topological polar surface area (TPSA) is 92.7 Å². The number of aryl methyl sites for hydroxylation is 1. The predicted molar refractivity (Wildman–Crippen MR) is 84.4 cm³/mol. The van der Waals surface area contributed by atoms with Crippen LogP contribution in [0.4, 0.5) is 0 Å². The maximum Gasteiger partial charge on any atom is 0.267 e. The van der Waals surface area contributed by atoms with Crippen LogP contribution in [0.1, 0.15) is 58.7 Å². The van der Waals surface area contributed by atoms with E-state index in [1.165, 1.54) is 19.8 Å². The molecule has 7 nitrogen and oxygen atoms in total. The van der Waals surface area contributed by atoms with Gasteiger partial charge in [-0.25, -0.2) is 0 Å². The van der Waals surface area contributed by atoms with E-state index in [0.29, 0.717) is 24.2 Å². The minimum absolute atomic E-state index is 0.0635. The van der Waals surface area contributed by atoms with Gasteiger partial charge in [0.2, 0.25) is 0 Å². The number of nitrogens with one attached hydrogen (secondary N) is 2. The highest BCUT2D eigenvalue weighted by atomic mass is 16.2. The van der Waals surface area contributed by atoms with Gasteiger partial charge in [0.05, 0.1) is 0 Å². The maximum atomic E-state index is 12.1. The number of carbonyl (C=O) groups excluding carboxylic acids is 2. The van der Waals surface area contributed by atoms with Gasteiger partial charge < -0.3 is 14.9 Å². The van der Waals surface area contributed by atoms with Crippen LogP contribution in [-0.4, -0.2) is 38.0 Å². The second-order valence-corrected chi connectivity index (χ2v) is 5.86. The van der Waals surface area contributed by atoms with Gasteiger partial charge in [0.15, 0.2) is 5.78 Å². The van der Waals surface area contributed by atoms with E-state index in [-0.39, 0.29) is 11.7 Å². The van der Waals surface area contributed by atoms with Crippen LogP contribution < -0.4 is 5.32 Å². The highest BCUT2D eigenvalue weighted by molar-refractivity contribution is 5.99. The number of Topliss-reactive ketones (excluding diaryl/α,β-unsaturated/α-hetero) is 1. The van der Waals surface area contributed by atoms with Gasteiger partial charge in [-0.15, -0.1) is 10.2 Å². The zero-order chi connectivity index (χ0) is 16.2. The normalized spacial score (nSPS) is 14.1. The molecule has 1 aliphatic heterocycles. The van der Waals surface area contributed by atoms with Crippen molar-refractivity contribution in [2.45, 2.75) is 45.6 Å². The molecule has 0 atom stereocenters. The molecule has 0 bridgehead atoms. The first-order valence-electron chi connectivity index (χ1n) is 8.03. The predicted octanol–water partition coefficient (Wildman–Crippen LogP) is 1.51. The summed E-state index contributed by atoms with van der Waals surface area (Å²) in [6, 6.07) is 1.57. The van der Waals surface area contributed by atoms with E-state index in [9.17, 15) is 9.59 Å². The van der Waals surface area contributed by atoms with Crippen molar-refractivity contribution in [1.29, 1.82) is 0 Å². The van der Waals surface area contributed by atoms with Gasteiger partial charge in [0, 0.05) is 37.7 Å². The van der Waals surface area contributed by atoms with Crippen LogP contribution in [0.25, 0.3) is 0 Å². The van der Waals surface area contributed by atoms with E-state index in [0.717, 1.165) is 31.0 Å². The highest BCUT2D eigenvalue weighted by Gasteiger charge is 2.15. The van der Waals surface area contributed by atoms with Crippen molar-refractivity contribution in [3.8, 4) is 0 Å². The van der Waals surface area contributed by atoms with Crippen LogP contribution in [0, 0.1) is 0 Å². The van der Waals surface area contributed by atoms with Crippen molar-refractivity contribution in [1.82, 2.24) is 25.1 Å². The Hall–Kier alpha value is -2.44. The molecule has 0 fully saturated rings. The van der Waals surface area contributed by atoms with Gasteiger partial charge in [-0.2, -0.15) is 0 Å². The fourth-order valence-electron chi connectivity index (χ4n) is 2.84. The molecule has 0 saturated heterocycles. The van der Waals surface area contributed by atoms with Gasteiger partial charge >= 0.3 is 0 Å². The molecule has 0 radical (unpaired) electrons. The molecule has 23 heavy (non-hydrogen) atoms. The molecule has 0 saturated carbocycles. The molecule has 7 heteroatoms. The zero-order valence-corrected chi connectivity index (χ0v) is 13.3. The molecular weight excluding hydrogens is 294 g/mol. The Morgan fingerprint density at radius 1 is 1.30 bits per heavy atom. The number of ketones is 1. The average Bonchev–Trinajstić information content (AvgIpc) is 3.10. The molecule has 2 N–H and O–H groups in total. The van der Waals surface area contributed by atoms with Crippen molar-refractivity contribution < 1.29 is 9.59 Å². The lowest BCUT2D eigenvalue weighted by Crippen LogP contribution is -2.26. The number of amides is 1. The van der Waals surface area contributed by atoms with Gasteiger partial charge in [-0.1, -0.05) is 6.42 Å². The molecule has 0 unspecified atom stereocenters. The van der Waals surface area contributed by atoms with E-state index >= 15 is 0 Å². The van der Waals surface area contributed by atoms with E-state index in [1.807, 2.05) is 0 Å². The Balaban J connectivity index is 1.56. The smallest absolute Gasteiger partial charge is 0.267 e. The fraction of sp³-hybridized carbons (Fsp3) is 0.500. The van der Waals surface area contributed by atoms with Crippen molar-refractivity contribution in [2.24, 2.45) is 0 Å². The number of aromatic nitrogens is 4. The van der Waals surface area contributed by atoms with Gasteiger partial charge in [0.25, 0.3) is 5.91 Å². The van der Waals surface area contributed by atoms with Gasteiger partial charge in [0.1, 0.15) is 17.3 Å². The van der Waals surface area contributed by atoms with Crippen LogP contribution in [0.3, 0.4) is 0 Å². The molecule has 1 aliphatic rings. The van der Waals surface area contributed by atoms with Crippen LogP contribution in [-0.2, 0) is 19.4 Å². The Labute approximate surface area is 134 Å². The molecule has 1 amide bonds. The lowest BCUT2D eigenvalue weighted by Gasteiger charge is -2.07. The number of fused-ring (bicyclic) bond motifs is 1. The summed E-state index contributed by atoms with van der Waals surface area (Å²) in [6.07, 6.45) is 6.73. The lowest BCUT2D eigenvalue weighted by atomic mass is 10.2. The number of rotatable bonds is 5. The Morgan fingerprint density at radius 2 is 2.17 bits per heavy atom. The highest BCUT2D eigenvalue weighted by Crippen LogP contribution is 2.14. The van der Waals surface area contributed by atoms with Gasteiger partial charge in [-0.05, 0) is 25.8 Å². The molecule has 2 aromatic heterocycles. The second kappa shape index (κ2) is 6.76. The fourth-order valence-corrected chi connectivity index (χ4v) is 2.84. The number of H-pyrrole nitrogens is 1. The molecular formula is C16H21N5O2.